The fraction of sp³-hybridized carbons (Fsp3) is 0.333. The van der Waals surface area contributed by atoms with Crippen molar-refractivity contribution in [3.05, 3.63) is 35.8 Å². The molecule has 0 aliphatic carbocycles. The third kappa shape index (κ3) is 3.93. The van der Waals surface area contributed by atoms with Crippen molar-refractivity contribution >= 4 is 11.9 Å². The van der Waals surface area contributed by atoms with Crippen LogP contribution in [0.4, 0.5) is 4.39 Å². The zero-order valence-electron chi connectivity index (χ0n) is 13.3. The van der Waals surface area contributed by atoms with Crippen LogP contribution in [0.1, 0.15) is 17.3 Å². The molecule has 1 atom stereocenters. The van der Waals surface area contributed by atoms with Crippen LogP contribution in [0.15, 0.2) is 24.4 Å². The molecule has 0 saturated carbocycles. The monoisotopic (exact) mass is 335 g/mol. The van der Waals surface area contributed by atoms with Crippen molar-refractivity contribution in [1.82, 2.24) is 20.3 Å². The summed E-state index contributed by atoms with van der Waals surface area (Å²) in [5.74, 6) is -1.77. The summed E-state index contributed by atoms with van der Waals surface area (Å²) >= 11 is 0. The molecule has 0 spiro atoms. The zero-order valence-corrected chi connectivity index (χ0v) is 13.3. The highest BCUT2D eigenvalue weighted by molar-refractivity contribution is 5.95. The quantitative estimate of drug-likeness (QED) is 0.736. The second-order valence-electron chi connectivity index (χ2n) is 5.00. The number of halogens is 1. The van der Waals surface area contributed by atoms with Gasteiger partial charge in [-0.05, 0) is 25.1 Å². The molecular formula is C15H18FN5O3. The molecule has 0 radical (unpaired) electrons. The van der Waals surface area contributed by atoms with Crippen LogP contribution in [-0.4, -0.2) is 46.6 Å². The van der Waals surface area contributed by atoms with Gasteiger partial charge in [-0.2, -0.15) is 0 Å². The first-order chi connectivity index (χ1) is 11.5. The lowest BCUT2D eigenvalue weighted by Crippen LogP contribution is -2.43. The molecule has 8 nitrogen and oxygen atoms in total. The van der Waals surface area contributed by atoms with Gasteiger partial charge in [-0.25, -0.2) is 9.07 Å². The Morgan fingerprint density at radius 2 is 2.17 bits per heavy atom. The molecule has 0 bridgehead atoms. The minimum atomic E-state index is -0.988. The van der Waals surface area contributed by atoms with Crippen molar-refractivity contribution in [2.24, 2.45) is 5.73 Å². The molecule has 0 unspecified atom stereocenters. The van der Waals surface area contributed by atoms with Crippen molar-refractivity contribution in [1.29, 1.82) is 0 Å². The van der Waals surface area contributed by atoms with Gasteiger partial charge in [0.15, 0.2) is 0 Å². The van der Waals surface area contributed by atoms with Crippen LogP contribution in [0.2, 0.25) is 0 Å². The van der Waals surface area contributed by atoms with E-state index in [4.69, 9.17) is 5.73 Å². The van der Waals surface area contributed by atoms with Crippen molar-refractivity contribution in [2.75, 3.05) is 13.7 Å². The Balaban J connectivity index is 2.19. The third-order valence-electron chi connectivity index (χ3n) is 3.36. The number of methoxy groups -OCH3 is 1. The van der Waals surface area contributed by atoms with Crippen LogP contribution in [0.5, 0.6) is 0 Å². The lowest BCUT2D eigenvalue weighted by molar-refractivity contribution is -0.141. The smallest absolute Gasteiger partial charge is 0.324 e. The first kappa shape index (κ1) is 17.5. The standard InChI is InChI=1S/C15H18FN5O3/c1-3-21-13(8-19-20-21)9-4-10(6-11(16)5-9)14(22)18-7-12(17)15(23)24-2/h4-6,8,12H,3,7,17H2,1-2H3,(H,18,22)/t12-/m1/s1. The first-order valence-electron chi connectivity index (χ1n) is 7.27. The van der Waals surface area contributed by atoms with Gasteiger partial charge in [-0.15, -0.1) is 5.10 Å². The number of benzene rings is 1. The molecule has 1 aromatic carbocycles. The highest BCUT2D eigenvalue weighted by atomic mass is 19.1. The SMILES string of the molecule is CCn1nncc1-c1cc(F)cc(C(=O)NC[C@@H](N)C(=O)OC)c1. The Bertz CT molecular complexity index is 746. The van der Waals surface area contributed by atoms with Gasteiger partial charge in [-0.1, -0.05) is 5.21 Å². The molecule has 9 heteroatoms. The van der Waals surface area contributed by atoms with Crippen molar-refractivity contribution in [2.45, 2.75) is 19.5 Å². The fourth-order valence-electron chi connectivity index (χ4n) is 2.12. The minimum absolute atomic E-state index is 0.103. The number of carbonyl (C=O) groups excluding carboxylic acids is 2. The van der Waals surface area contributed by atoms with Crippen LogP contribution < -0.4 is 11.1 Å². The first-order valence-corrected chi connectivity index (χ1v) is 7.27. The number of nitrogens with two attached hydrogens (primary N) is 1. The van der Waals surface area contributed by atoms with Gasteiger partial charge < -0.3 is 15.8 Å². The van der Waals surface area contributed by atoms with Gasteiger partial charge in [0, 0.05) is 24.2 Å². The summed E-state index contributed by atoms with van der Waals surface area (Å²) in [5.41, 5.74) is 6.72. The molecule has 0 fully saturated rings. The zero-order chi connectivity index (χ0) is 17.7. The van der Waals surface area contributed by atoms with E-state index in [0.29, 0.717) is 17.8 Å². The predicted molar refractivity (Wildman–Crippen MR) is 83.4 cm³/mol. The Labute approximate surface area is 137 Å². The van der Waals surface area contributed by atoms with Crippen LogP contribution in [0, 0.1) is 5.82 Å². The molecule has 1 amide bonds. The molecule has 0 aliphatic rings. The lowest BCUT2D eigenvalue weighted by Gasteiger charge is -2.11. The largest absolute Gasteiger partial charge is 0.468 e. The molecule has 24 heavy (non-hydrogen) atoms. The summed E-state index contributed by atoms with van der Waals surface area (Å²) < 4.78 is 19.9. The number of hydrogen-bond acceptors (Lipinski definition) is 6. The van der Waals surface area contributed by atoms with Gasteiger partial charge in [0.2, 0.25) is 0 Å². The van der Waals surface area contributed by atoms with E-state index in [9.17, 15) is 14.0 Å². The number of aromatic nitrogens is 3. The number of nitrogens with zero attached hydrogens (tertiary/aromatic N) is 3. The summed E-state index contributed by atoms with van der Waals surface area (Å²) in [6.07, 6.45) is 1.49. The average Bonchev–Trinajstić information content (AvgIpc) is 3.06. The Hall–Kier alpha value is -2.81. The average molecular weight is 335 g/mol. The maximum Gasteiger partial charge on any atom is 0.324 e. The second-order valence-corrected chi connectivity index (χ2v) is 5.00. The Morgan fingerprint density at radius 3 is 2.83 bits per heavy atom. The van der Waals surface area contributed by atoms with E-state index in [1.165, 1.54) is 25.4 Å². The summed E-state index contributed by atoms with van der Waals surface area (Å²) in [4.78, 5) is 23.4. The number of esters is 1. The minimum Gasteiger partial charge on any atom is -0.468 e. The molecule has 2 rings (SSSR count). The van der Waals surface area contributed by atoms with E-state index < -0.39 is 23.7 Å². The van der Waals surface area contributed by atoms with Crippen molar-refractivity contribution in [3.8, 4) is 11.3 Å². The predicted octanol–water partition coefficient (Wildman–Crippen LogP) is 0.334. The molecule has 0 saturated heterocycles. The molecule has 1 heterocycles. The number of nitrogens with one attached hydrogen (secondary N) is 1. The third-order valence-corrected chi connectivity index (χ3v) is 3.36. The topological polar surface area (TPSA) is 112 Å². The van der Waals surface area contributed by atoms with E-state index in [1.54, 1.807) is 4.68 Å². The van der Waals surface area contributed by atoms with Crippen LogP contribution in [0.25, 0.3) is 11.3 Å². The Kier molecular flexibility index (Phi) is 5.59. The summed E-state index contributed by atoms with van der Waals surface area (Å²) in [6, 6.07) is 2.93. The second kappa shape index (κ2) is 7.64. The van der Waals surface area contributed by atoms with Gasteiger partial charge in [0.25, 0.3) is 5.91 Å². The van der Waals surface area contributed by atoms with E-state index >= 15 is 0 Å². The van der Waals surface area contributed by atoms with E-state index in [0.717, 1.165) is 6.07 Å². The van der Waals surface area contributed by atoms with E-state index in [2.05, 4.69) is 20.4 Å². The highest BCUT2D eigenvalue weighted by Gasteiger charge is 2.17. The number of carbonyl (C=O) groups is 2. The van der Waals surface area contributed by atoms with E-state index in [-0.39, 0.29) is 12.1 Å². The lowest BCUT2D eigenvalue weighted by atomic mass is 10.1. The van der Waals surface area contributed by atoms with Crippen molar-refractivity contribution in [3.63, 3.8) is 0 Å². The summed E-state index contributed by atoms with van der Waals surface area (Å²) in [5, 5.41) is 10.1. The number of hydrogen-bond donors (Lipinski definition) is 2. The fourth-order valence-corrected chi connectivity index (χ4v) is 2.12. The number of rotatable bonds is 6. The molecule has 3 N–H and O–H groups in total. The normalized spacial score (nSPS) is 11.8. The molecule has 0 aliphatic heterocycles. The van der Waals surface area contributed by atoms with Crippen LogP contribution in [-0.2, 0) is 16.1 Å². The molecule has 2 aromatic rings. The van der Waals surface area contributed by atoms with Gasteiger partial charge in [0.1, 0.15) is 11.9 Å². The molecule has 128 valence electrons. The summed E-state index contributed by atoms with van der Waals surface area (Å²) in [6.45, 7) is 2.31. The van der Waals surface area contributed by atoms with Gasteiger partial charge in [-0.3, -0.25) is 9.59 Å². The van der Waals surface area contributed by atoms with E-state index in [1.807, 2.05) is 6.92 Å². The molecular weight excluding hydrogens is 317 g/mol. The Morgan fingerprint density at radius 1 is 1.42 bits per heavy atom. The maximum absolute atomic E-state index is 13.9. The van der Waals surface area contributed by atoms with Gasteiger partial charge in [0.05, 0.1) is 19.0 Å². The van der Waals surface area contributed by atoms with Gasteiger partial charge >= 0.3 is 5.97 Å². The van der Waals surface area contributed by atoms with Crippen molar-refractivity contribution < 1.29 is 18.7 Å². The number of ether oxygens (including phenoxy) is 1. The highest BCUT2D eigenvalue weighted by Crippen LogP contribution is 2.21. The van der Waals surface area contributed by atoms with Crippen LogP contribution >= 0.6 is 0 Å². The van der Waals surface area contributed by atoms with Crippen LogP contribution in [0.3, 0.4) is 0 Å². The number of aryl methyl sites for hydroxylation is 1. The summed E-state index contributed by atoms with van der Waals surface area (Å²) in [7, 11) is 1.20. The molecule has 1 aromatic heterocycles. The number of amides is 1. The maximum atomic E-state index is 13.9.